The highest BCUT2D eigenvalue weighted by Crippen LogP contribution is 2.23. The minimum absolute atomic E-state index is 0.0296. The van der Waals surface area contributed by atoms with E-state index in [1.54, 1.807) is 6.07 Å². The second kappa shape index (κ2) is 8.41. The molecular formula is C21H24N4O3. The minimum Gasteiger partial charge on any atom is -0.465 e. The van der Waals surface area contributed by atoms with Gasteiger partial charge in [0.05, 0.1) is 24.9 Å². The molecule has 1 aromatic carbocycles. The van der Waals surface area contributed by atoms with Crippen LogP contribution >= 0.6 is 0 Å². The molecule has 1 atom stereocenters. The Kier molecular flexibility index (Phi) is 5.55. The lowest BCUT2D eigenvalue weighted by Gasteiger charge is -2.33. The number of amides is 1. The lowest BCUT2D eigenvalue weighted by atomic mass is 10.1. The van der Waals surface area contributed by atoms with E-state index in [1.165, 1.54) is 0 Å². The Hall–Kier alpha value is -2.90. The maximum absolute atomic E-state index is 12.7. The number of ether oxygens (including phenoxy) is 1. The number of aromatic nitrogens is 2. The van der Waals surface area contributed by atoms with Gasteiger partial charge in [-0.3, -0.25) is 14.8 Å². The Morgan fingerprint density at radius 3 is 2.71 bits per heavy atom. The highest BCUT2D eigenvalue weighted by molar-refractivity contribution is 5.93. The average Bonchev–Trinajstić information content (AvgIpc) is 3.39. The molecule has 1 aliphatic rings. The Bertz CT molecular complexity index is 913. The van der Waals surface area contributed by atoms with Crippen molar-refractivity contribution in [3.05, 3.63) is 65.7 Å². The van der Waals surface area contributed by atoms with E-state index in [0.717, 1.165) is 35.9 Å². The molecule has 1 aliphatic heterocycles. The molecule has 1 amide bonds. The van der Waals surface area contributed by atoms with E-state index in [-0.39, 0.29) is 11.9 Å². The van der Waals surface area contributed by atoms with Gasteiger partial charge in [0, 0.05) is 25.2 Å². The van der Waals surface area contributed by atoms with Crippen molar-refractivity contribution in [3.8, 4) is 11.3 Å². The second-order valence-electron chi connectivity index (χ2n) is 6.86. The van der Waals surface area contributed by atoms with Gasteiger partial charge in [-0.25, -0.2) is 0 Å². The number of morpholine rings is 1. The highest BCUT2D eigenvalue weighted by Gasteiger charge is 2.26. The number of carbonyl (C=O) groups excluding carboxylic acids is 1. The van der Waals surface area contributed by atoms with Gasteiger partial charge in [-0.05, 0) is 25.1 Å². The highest BCUT2D eigenvalue weighted by atomic mass is 16.5. The monoisotopic (exact) mass is 380 g/mol. The molecule has 2 N–H and O–H groups in total. The second-order valence-corrected chi connectivity index (χ2v) is 6.86. The summed E-state index contributed by atoms with van der Waals surface area (Å²) in [6, 6.07) is 15.4. The van der Waals surface area contributed by atoms with E-state index in [1.807, 2.05) is 49.4 Å². The number of furan rings is 1. The number of nitrogens with one attached hydrogen (secondary N) is 2. The van der Waals surface area contributed by atoms with E-state index in [2.05, 4.69) is 20.4 Å². The first kappa shape index (κ1) is 18.5. The summed E-state index contributed by atoms with van der Waals surface area (Å²) in [5.74, 6) is 1.53. The third-order valence-electron chi connectivity index (χ3n) is 4.92. The van der Waals surface area contributed by atoms with Crippen molar-refractivity contribution in [2.45, 2.75) is 13.0 Å². The first-order valence-electron chi connectivity index (χ1n) is 9.48. The SMILES string of the molecule is Cc1ccc(C(CNC(=O)c2cc(-c3ccccc3)n[nH]2)N2CCOCC2)o1. The molecule has 28 heavy (non-hydrogen) atoms. The predicted molar refractivity (Wildman–Crippen MR) is 105 cm³/mol. The molecule has 1 unspecified atom stereocenters. The number of nitrogens with zero attached hydrogens (tertiary/aromatic N) is 2. The fraction of sp³-hybridized carbons (Fsp3) is 0.333. The first-order chi connectivity index (χ1) is 13.7. The number of H-pyrrole nitrogens is 1. The van der Waals surface area contributed by atoms with Gasteiger partial charge in [-0.2, -0.15) is 5.10 Å². The first-order valence-corrected chi connectivity index (χ1v) is 9.48. The van der Waals surface area contributed by atoms with Crippen LogP contribution in [0.15, 0.2) is 52.9 Å². The van der Waals surface area contributed by atoms with Crippen molar-refractivity contribution in [2.24, 2.45) is 0 Å². The minimum atomic E-state index is -0.184. The van der Waals surface area contributed by atoms with Crippen molar-refractivity contribution < 1.29 is 13.9 Å². The zero-order valence-electron chi connectivity index (χ0n) is 15.9. The third-order valence-corrected chi connectivity index (χ3v) is 4.92. The summed E-state index contributed by atoms with van der Waals surface area (Å²) in [6.07, 6.45) is 0. The van der Waals surface area contributed by atoms with Crippen LogP contribution in [-0.2, 0) is 4.74 Å². The van der Waals surface area contributed by atoms with Gasteiger partial charge in [0.25, 0.3) is 5.91 Å². The van der Waals surface area contributed by atoms with Crippen LogP contribution in [-0.4, -0.2) is 53.9 Å². The summed E-state index contributed by atoms with van der Waals surface area (Å²) in [6.45, 7) is 5.36. The molecule has 0 aliphatic carbocycles. The summed E-state index contributed by atoms with van der Waals surface area (Å²) >= 11 is 0. The molecule has 0 spiro atoms. The molecule has 146 valence electrons. The smallest absolute Gasteiger partial charge is 0.269 e. The number of carbonyl (C=O) groups is 1. The third kappa shape index (κ3) is 4.16. The van der Waals surface area contributed by atoms with E-state index in [9.17, 15) is 4.79 Å². The molecule has 3 heterocycles. The topological polar surface area (TPSA) is 83.4 Å². The van der Waals surface area contributed by atoms with E-state index < -0.39 is 0 Å². The zero-order chi connectivity index (χ0) is 19.3. The number of benzene rings is 1. The largest absolute Gasteiger partial charge is 0.465 e. The molecule has 7 heteroatoms. The van der Waals surface area contributed by atoms with Crippen molar-refractivity contribution in [1.82, 2.24) is 20.4 Å². The Morgan fingerprint density at radius 1 is 1.21 bits per heavy atom. The van der Waals surface area contributed by atoms with Crippen LogP contribution in [0, 0.1) is 6.92 Å². The summed E-state index contributed by atoms with van der Waals surface area (Å²) in [7, 11) is 0. The molecule has 7 nitrogen and oxygen atoms in total. The van der Waals surface area contributed by atoms with Gasteiger partial charge in [0.15, 0.2) is 0 Å². The molecule has 0 bridgehead atoms. The Labute approximate surface area is 163 Å². The Morgan fingerprint density at radius 2 is 2.00 bits per heavy atom. The number of hydrogen-bond donors (Lipinski definition) is 2. The van der Waals surface area contributed by atoms with Crippen LogP contribution in [0.3, 0.4) is 0 Å². The molecule has 0 radical (unpaired) electrons. The molecule has 0 saturated carbocycles. The fourth-order valence-electron chi connectivity index (χ4n) is 3.41. The van der Waals surface area contributed by atoms with Crippen LogP contribution < -0.4 is 5.32 Å². The number of rotatable bonds is 6. The molecule has 1 saturated heterocycles. The van der Waals surface area contributed by atoms with Crippen molar-refractivity contribution >= 4 is 5.91 Å². The van der Waals surface area contributed by atoms with E-state index in [0.29, 0.717) is 25.5 Å². The summed E-state index contributed by atoms with van der Waals surface area (Å²) in [5, 5.41) is 10.1. The van der Waals surface area contributed by atoms with Crippen LogP contribution in [0.5, 0.6) is 0 Å². The zero-order valence-corrected chi connectivity index (χ0v) is 15.9. The van der Waals surface area contributed by atoms with Crippen LogP contribution in [0.4, 0.5) is 0 Å². The van der Waals surface area contributed by atoms with Crippen molar-refractivity contribution in [1.29, 1.82) is 0 Å². The Balaban J connectivity index is 1.45. The van der Waals surface area contributed by atoms with Crippen LogP contribution in [0.2, 0.25) is 0 Å². The normalized spacial score (nSPS) is 16.0. The summed E-state index contributed by atoms with van der Waals surface area (Å²) in [4.78, 5) is 14.9. The summed E-state index contributed by atoms with van der Waals surface area (Å²) in [5.41, 5.74) is 2.15. The standard InChI is InChI=1S/C21H24N4O3/c1-15-7-8-20(28-15)19(25-9-11-27-12-10-25)14-22-21(26)18-13-17(23-24-18)16-5-3-2-4-6-16/h2-8,13,19H,9-12,14H2,1H3,(H,22,26)(H,23,24). The molecule has 1 fully saturated rings. The van der Waals surface area contributed by atoms with Crippen LogP contribution in [0.25, 0.3) is 11.3 Å². The van der Waals surface area contributed by atoms with Gasteiger partial charge in [0.2, 0.25) is 0 Å². The fourth-order valence-corrected chi connectivity index (χ4v) is 3.41. The van der Waals surface area contributed by atoms with Gasteiger partial charge in [-0.1, -0.05) is 30.3 Å². The lowest BCUT2D eigenvalue weighted by molar-refractivity contribution is 0.0117. The summed E-state index contributed by atoms with van der Waals surface area (Å²) < 4.78 is 11.3. The van der Waals surface area contributed by atoms with Crippen molar-refractivity contribution in [3.63, 3.8) is 0 Å². The number of hydrogen-bond acceptors (Lipinski definition) is 5. The van der Waals surface area contributed by atoms with Gasteiger partial charge in [0.1, 0.15) is 17.2 Å². The lowest BCUT2D eigenvalue weighted by Crippen LogP contribution is -2.43. The quantitative estimate of drug-likeness (QED) is 0.687. The van der Waals surface area contributed by atoms with Gasteiger partial charge in [-0.15, -0.1) is 0 Å². The van der Waals surface area contributed by atoms with Gasteiger partial charge >= 0.3 is 0 Å². The molecule has 4 rings (SSSR count). The molecule has 2 aromatic heterocycles. The number of aromatic amines is 1. The van der Waals surface area contributed by atoms with E-state index in [4.69, 9.17) is 9.15 Å². The van der Waals surface area contributed by atoms with E-state index >= 15 is 0 Å². The van der Waals surface area contributed by atoms with Crippen LogP contribution in [0.1, 0.15) is 28.1 Å². The average molecular weight is 380 g/mol. The van der Waals surface area contributed by atoms with Gasteiger partial charge < -0.3 is 14.5 Å². The predicted octanol–water partition coefficient (Wildman–Crippen LogP) is 2.78. The molecular weight excluding hydrogens is 356 g/mol. The maximum Gasteiger partial charge on any atom is 0.269 e. The number of aryl methyl sites for hydroxylation is 1. The van der Waals surface area contributed by atoms with Crippen molar-refractivity contribution in [2.75, 3.05) is 32.8 Å². The molecule has 3 aromatic rings. The maximum atomic E-state index is 12.7.